The van der Waals surface area contributed by atoms with Crippen molar-refractivity contribution in [3.63, 3.8) is 0 Å². The minimum atomic E-state index is -4.42. The predicted molar refractivity (Wildman–Crippen MR) is 113 cm³/mol. The number of rotatable bonds is 5. The fraction of sp³-hybridized carbons (Fsp3) is 0.273. The molecule has 1 aliphatic rings. The van der Waals surface area contributed by atoms with E-state index in [1.165, 1.54) is 25.3 Å². The van der Waals surface area contributed by atoms with Crippen molar-refractivity contribution in [1.29, 1.82) is 0 Å². The Morgan fingerprint density at radius 1 is 1.18 bits per heavy atom. The highest BCUT2D eigenvalue weighted by Crippen LogP contribution is 2.34. The third kappa shape index (κ3) is 4.72. The molecule has 0 spiro atoms. The van der Waals surface area contributed by atoms with Crippen LogP contribution in [0, 0.1) is 0 Å². The van der Waals surface area contributed by atoms with E-state index in [4.69, 9.17) is 4.74 Å². The van der Waals surface area contributed by atoms with Gasteiger partial charge in [0.1, 0.15) is 17.2 Å². The molecule has 1 aliphatic heterocycles. The lowest BCUT2D eigenvalue weighted by Gasteiger charge is -2.29. The summed E-state index contributed by atoms with van der Waals surface area (Å²) < 4.78 is 68.0. The Bertz CT molecular complexity index is 1280. The third-order valence-electron chi connectivity index (χ3n) is 5.37. The molecule has 1 N–H and O–H groups in total. The minimum Gasteiger partial charge on any atom is -0.457 e. The van der Waals surface area contributed by atoms with E-state index in [1.54, 1.807) is 17.0 Å². The zero-order valence-corrected chi connectivity index (χ0v) is 18.3. The number of nitrogens with zero attached hydrogens (tertiary/aromatic N) is 2. The number of ether oxygens (including phenoxy) is 1. The van der Waals surface area contributed by atoms with E-state index < -0.39 is 27.5 Å². The number of carbonyl (C=O) groups excluding carboxylic acids is 1. The van der Waals surface area contributed by atoms with E-state index in [1.807, 2.05) is 6.07 Å². The summed E-state index contributed by atoms with van der Waals surface area (Å²) in [5.74, 6) is 0.252. The molecule has 0 unspecified atom stereocenters. The van der Waals surface area contributed by atoms with Crippen LogP contribution in [-0.4, -0.2) is 41.5 Å². The average Bonchev–Trinajstić information content (AvgIpc) is 3.29. The number of nitrogens with one attached hydrogen (secondary N) is 1. The summed E-state index contributed by atoms with van der Waals surface area (Å²) in [6, 6.07) is 9.76. The largest absolute Gasteiger partial charge is 0.457 e. The number of H-pyrrole nitrogens is 1. The van der Waals surface area contributed by atoms with Crippen LogP contribution >= 0.6 is 0 Å². The number of alkyl halides is 3. The van der Waals surface area contributed by atoms with Gasteiger partial charge in [0.15, 0.2) is 0 Å². The van der Waals surface area contributed by atoms with Crippen molar-refractivity contribution in [3.05, 3.63) is 71.0 Å². The normalized spacial score (nSPS) is 14.1. The van der Waals surface area contributed by atoms with Gasteiger partial charge < -0.3 is 14.6 Å². The van der Waals surface area contributed by atoms with Crippen LogP contribution < -0.4 is 4.74 Å². The third-order valence-corrected chi connectivity index (χ3v) is 6.93. The second kappa shape index (κ2) is 8.54. The van der Waals surface area contributed by atoms with Gasteiger partial charge in [-0.25, -0.2) is 13.4 Å². The van der Waals surface area contributed by atoms with Gasteiger partial charge in [0.25, 0.3) is 5.91 Å². The number of aromatic nitrogens is 2. The van der Waals surface area contributed by atoms with Crippen LogP contribution in [0.5, 0.6) is 11.5 Å². The number of hydrogen-bond donors (Lipinski definition) is 1. The van der Waals surface area contributed by atoms with Crippen LogP contribution in [0.15, 0.2) is 53.8 Å². The lowest BCUT2D eigenvalue weighted by Crippen LogP contribution is -2.36. The monoisotopic (exact) mass is 479 g/mol. The standard InChI is InChI=1S/C22H20F3N3O4S/c1-2-33(30,31)21-26-12-18(27-21)20(29)28-11-10-17-14(13-28)4-3-5-19(17)32-16-8-6-15(7-9-16)22(23,24)25/h3-9,12H,2,10-11,13H2,1H3,(H,26,27). The maximum atomic E-state index is 12.9. The number of halogens is 3. The van der Waals surface area contributed by atoms with Gasteiger partial charge in [-0.05, 0) is 42.3 Å². The highest BCUT2D eigenvalue weighted by Gasteiger charge is 2.30. The first-order chi connectivity index (χ1) is 15.6. The molecule has 2 aromatic carbocycles. The summed E-state index contributed by atoms with van der Waals surface area (Å²) in [6.07, 6.45) is -2.68. The van der Waals surface area contributed by atoms with Gasteiger partial charge in [0.05, 0.1) is 11.3 Å². The summed E-state index contributed by atoms with van der Waals surface area (Å²) >= 11 is 0. The molecule has 0 aliphatic carbocycles. The Labute approximate surface area is 188 Å². The Balaban J connectivity index is 1.50. The Morgan fingerprint density at radius 2 is 1.91 bits per heavy atom. The molecule has 0 radical (unpaired) electrons. The molecule has 0 saturated carbocycles. The molecule has 0 atom stereocenters. The molecule has 0 bridgehead atoms. The summed E-state index contributed by atoms with van der Waals surface area (Å²) in [6.45, 7) is 2.11. The molecule has 174 valence electrons. The van der Waals surface area contributed by atoms with E-state index in [2.05, 4.69) is 9.97 Å². The van der Waals surface area contributed by atoms with E-state index in [0.717, 1.165) is 23.3 Å². The maximum Gasteiger partial charge on any atom is 0.416 e. The molecule has 11 heteroatoms. The first kappa shape index (κ1) is 22.8. The second-order valence-corrected chi connectivity index (χ2v) is 9.68. The zero-order valence-electron chi connectivity index (χ0n) is 17.5. The van der Waals surface area contributed by atoms with Gasteiger partial charge >= 0.3 is 6.18 Å². The van der Waals surface area contributed by atoms with E-state index >= 15 is 0 Å². The molecular formula is C22H20F3N3O4S. The van der Waals surface area contributed by atoms with Gasteiger partial charge in [-0.15, -0.1) is 0 Å². The predicted octanol–water partition coefficient (Wildman–Crippen LogP) is 4.21. The van der Waals surface area contributed by atoms with Crippen LogP contribution in [0.2, 0.25) is 0 Å². The van der Waals surface area contributed by atoms with Crippen molar-refractivity contribution in [2.24, 2.45) is 0 Å². The van der Waals surface area contributed by atoms with Crippen molar-refractivity contribution in [2.75, 3.05) is 12.3 Å². The molecule has 3 aromatic rings. The molecule has 4 rings (SSSR count). The van der Waals surface area contributed by atoms with Crippen molar-refractivity contribution in [2.45, 2.75) is 31.2 Å². The second-order valence-electron chi connectivity index (χ2n) is 7.49. The maximum absolute atomic E-state index is 12.9. The van der Waals surface area contributed by atoms with Crippen LogP contribution in [0.25, 0.3) is 0 Å². The molecule has 1 amide bonds. The van der Waals surface area contributed by atoms with Gasteiger partial charge in [-0.2, -0.15) is 13.2 Å². The van der Waals surface area contributed by atoms with Crippen molar-refractivity contribution >= 4 is 15.7 Å². The number of sulfone groups is 1. The Kier molecular flexibility index (Phi) is 5.91. The summed E-state index contributed by atoms with van der Waals surface area (Å²) in [4.78, 5) is 20.9. The molecular weight excluding hydrogens is 459 g/mol. The van der Waals surface area contributed by atoms with Crippen LogP contribution in [-0.2, 0) is 29.0 Å². The number of benzene rings is 2. The van der Waals surface area contributed by atoms with Gasteiger partial charge in [-0.3, -0.25) is 4.79 Å². The lowest BCUT2D eigenvalue weighted by atomic mass is 9.98. The molecule has 1 aromatic heterocycles. The SMILES string of the molecule is CCS(=O)(=O)c1nc(C(=O)N2CCc3c(cccc3Oc3ccc(C(F)(F)F)cc3)C2)c[nH]1. The number of aromatic amines is 1. The minimum absolute atomic E-state index is 0.0163. The van der Waals surface area contributed by atoms with Crippen LogP contribution in [0.1, 0.15) is 34.1 Å². The number of carbonyl (C=O) groups is 1. The number of imidazole rings is 1. The number of hydrogen-bond acceptors (Lipinski definition) is 5. The van der Waals surface area contributed by atoms with Crippen molar-refractivity contribution in [3.8, 4) is 11.5 Å². The fourth-order valence-electron chi connectivity index (χ4n) is 3.55. The van der Waals surface area contributed by atoms with Crippen LogP contribution in [0.4, 0.5) is 13.2 Å². The van der Waals surface area contributed by atoms with E-state index in [9.17, 15) is 26.4 Å². The highest BCUT2D eigenvalue weighted by atomic mass is 32.2. The molecule has 33 heavy (non-hydrogen) atoms. The molecule has 0 fully saturated rings. The number of amides is 1. The molecule has 2 heterocycles. The Hall–Kier alpha value is -3.34. The molecule has 0 saturated heterocycles. The lowest BCUT2D eigenvalue weighted by molar-refractivity contribution is -0.137. The topological polar surface area (TPSA) is 92.4 Å². The van der Waals surface area contributed by atoms with E-state index in [0.29, 0.717) is 18.7 Å². The highest BCUT2D eigenvalue weighted by molar-refractivity contribution is 7.91. The first-order valence-corrected chi connectivity index (χ1v) is 11.8. The fourth-order valence-corrected chi connectivity index (χ4v) is 4.30. The summed E-state index contributed by atoms with van der Waals surface area (Å²) in [7, 11) is -3.55. The quantitative estimate of drug-likeness (QED) is 0.592. The molecule has 7 nitrogen and oxygen atoms in total. The van der Waals surface area contributed by atoms with E-state index in [-0.39, 0.29) is 28.9 Å². The zero-order chi connectivity index (χ0) is 23.8. The first-order valence-electron chi connectivity index (χ1n) is 10.1. The average molecular weight is 479 g/mol. The smallest absolute Gasteiger partial charge is 0.416 e. The van der Waals surface area contributed by atoms with Crippen LogP contribution in [0.3, 0.4) is 0 Å². The van der Waals surface area contributed by atoms with Gasteiger partial charge in [0.2, 0.25) is 15.0 Å². The van der Waals surface area contributed by atoms with Crippen molar-refractivity contribution < 1.29 is 31.1 Å². The van der Waals surface area contributed by atoms with Gasteiger partial charge in [0, 0.05) is 24.8 Å². The van der Waals surface area contributed by atoms with Gasteiger partial charge in [-0.1, -0.05) is 19.1 Å². The Morgan fingerprint density at radius 3 is 2.58 bits per heavy atom. The summed E-state index contributed by atoms with van der Waals surface area (Å²) in [5, 5.41) is -0.238. The van der Waals surface area contributed by atoms with Crippen molar-refractivity contribution in [1.82, 2.24) is 14.9 Å². The number of fused-ring (bicyclic) bond motifs is 1. The summed E-state index contributed by atoms with van der Waals surface area (Å²) in [5.41, 5.74) is 0.948.